The Morgan fingerprint density at radius 2 is 1.30 bits per heavy atom. The predicted octanol–water partition coefficient (Wildman–Crippen LogP) is 5.34. The first-order chi connectivity index (χ1) is 22.1. The molecule has 10 heteroatoms. The zero-order valence-corrected chi connectivity index (χ0v) is 26.9. The van der Waals surface area contributed by atoms with Crippen LogP contribution in [0.15, 0.2) is 97.1 Å². The average molecular weight is 649 g/mol. The minimum absolute atomic E-state index is 0.232. The lowest BCUT2D eigenvalue weighted by molar-refractivity contribution is -0.120. The average Bonchev–Trinajstić information content (AvgIpc) is 3.04. The Labute approximate surface area is 275 Å². The Bertz CT molecular complexity index is 1520. The van der Waals surface area contributed by atoms with Crippen molar-refractivity contribution >= 4 is 23.4 Å². The first kappa shape index (κ1) is 36.0. The van der Waals surface area contributed by atoms with Crippen molar-refractivity contribution in [3.05, 3.63) is 130 Å². The molecule has 2 atom stereocenters. The summed E-state index contributed by atoms with van der Waals surface area (Å²) >= 11 is 5.95. The fraction of sp³-hybridized carbons (Fsp3) is 0.278. The van der Waals surface area contributed by atoms with Gasteiger partial charge < -0.3 is 31.6 Å². The Hall–Kier alpha value is -4.44. The molecule has 0 heterocycles. The first-order valence-corrected chi connectivity index (χ1v) is 15.4. The van der Waals surface area contributed by atoms with Gasteiger partial charge in [-0.15, -0.1) is 0 Å². The lowest BCUT2D eigenvalue weighted by Gasteiger charge is -2.11. The third-order valence-electron chi connectivity index (χ3n) is 7.02. The summed E-state index contributed by atoms with van der Waals surface area (Å²) in [5.74, 6) is 0.627. The second kappa shape index (κ2) is 19.2. The number of hydrogen-bond acceptors (Lipinski definition) is 6. The molecule has 244 valence electrons. The molecule has 0 bridgehead atoms. The highest BCUT2D eigenvalue weighted by Crippen LogP contribution is 2.17. The largest absolute Gasteiger partial charge is 0.493 e. The molecule has 8 nitrogen and oxygen atoms in total. The topological polar surface area (TPSA) is 129 Å². The third-order valence-corrected chi connectivity index (χ3v) is 7.25. The van der Waals surface area contributed by atoms with Crippen molar-refractivity contribution in [3.8, 4) is 11.5 Å². The molecule has 2 amide bonds. The Kier molecular flexibility index (Phi) is 15.0. The smallest absolute Gasteiger partial charge is 0.234 e. The lowest BCUT2D eigenvalue weighted by atomic mass is 10.1. The molecule has 0 fully saturated rings. The molecule has 0 saturated carbocycles. The quantitative estimate of drug-likeness (QED) is 0.130. The minimum Gasteiger partial charge on any atom is -0.493 e. The van der Waals surface area contributed by atoms with Gasteiger partial charge in [0.05, 0.1) is 18.7 Å². The molecule has 0 aliphatic rings. The normalized spacial score (nSPS) is 11.9. The molecule has 4 aromatic carbocycles. The van der Waals surface area contributed by atoms with Crippen LogP contribution in [0.4, 0.5) is 4.39 Å². The van der Waals surface area contributed by atoms with Crippen molar-refractivity contribution in [2.24, 2.45) is 11.5 Å². The fourth-order valence-electron chi connectivity index (χ4n) is 4.13. The van der Waals surface area contributed by atoms with Crippen LogP contribution in [0.2, 0.25) is 5.02 Å². The van der Waals surface area contributed by atoms with Crippen LogP contribution < -0.4 is 31.6 Å². The van der Waals surface area contributed by atoms with E-state index in [4.69, 9.17) is 32.5 Å². The highest BCUT2D eigenvalue weighted by molar-refractivity contribution is 6.30. The molecule has 46 heavy (non-hydrogen) atoms. The third kappa shape index (κ3) is 13.7. The minimum atomic E-state index is -0.373. The van der Waals surface area contributed by atoms with Crippen molar-refractivity contribution in [2.75, 3.05) is 13.2 Å². The van der Waals surface area contributed by atoms with E-state index in [0.717, 1.165) is 34.6 Å². The van der Waals surface area contributed by atoms with Gasteiger partial charge in [0.2, 0.25) is 11.8 Å². The molecule has 0 radical (unpaired) electrons. The SMILES string of the molecule is CC(NCCc1ccc(OCc2cccc(Cl)c2)cc1)C(N)=O.CC(NCc1ccc(OCCc2cccc(F)c2)cc1)C(N)=O. The Morgan fingerprint density at radius 3 is 1.93 bits per heavy atom. The molecule has 0 aliphatic carbocycles. The standard InChI is InChI=1S/C18H21ClN2O2.C18H21FN2O2/c1-13(18(20)22)21-10-9-14-5-7-17(8-6-14)23-12-15-3-2-4-16(19)11-15;1-13(18(20)22)21-12-15-5-7-17(8-6-15)23-10-9-14-3-2-4-16(19)11-14/h2*2-8,11,13,21H,9-10,12H2,1H3,(H2,20,22). The summed E-state index contributed by atoms with van der Waals surface area (Å²) in [6, 6.07) is 29.0. The maximum absolute atomic E-state index is 13.1. The van der Waals surface area contributed by atoms with Gasteiger partial charge in [-0.2, -0.15) is 0 Å². The Morgan fingerprint density at radius 1 is 0.717 bits per heavy atom. The second-order valence-electron chi connectivity index (χ2n) is 10.8. The van der Waals surface area contributed by atoms with Gasteiger partial charge >= 0.3 is 0 Å². The van der Waals surface area contributed by atoms with Crippen LogP contribution in [-0.2, 0) is 35.6 Å². The van der Waals surface area contributed by atoms with Crippen LogP contribution in [0, 0.1) is 5.82 Å². The number of benzene rings is 4. The maximum Gasteiger partial charge on any atom is 0.234 e. The fourth-order valence-corrected chi connectivity index (χ4v) is 4.35. The number of rotatable bonds is 16. The van der Waals surface area contributed by atoms with Crippen molar-refractivity contribution in [2.45, 2.75) is 51.9 Å². The van der Waals surface area contributed by atoms with Gasteiger partial charge in [-0.3, -0.25) is 9.59 Å². The van der Waals surface area contributed by atoms with Crippen LogP contribution in [0.3, 0.4) is 0 Å². The zero-order chi connectivity index (χ0) is 33.3. The molecule has 4 aromatic rings. The zero-order valence-electron chi connectivity index (χ0n) is 26.2. The van der Waals surface area contributed by atoms with Gasteiger partial charge in [-0.1, -0.05) is 60.1 Å². The number of halogens is 2. The van der Waals surface area contributed by atoms with Crippen LogP contribution >= 0.6 is 11.6 Å². The number of ether oxygens (including phenoxy) is 2. The molecule has 0 saturated heterocycles. The van der Waals surface area contributed by atoms with E-state index in [0.29, 0.717) is 37.7 Å². The number of carbonyl (C=O) groups is 2. The maximum atomic E-state index is 13.1. The summed E-state index contributed by atoms with van der Waals surface area (Å²) in [7, 11) is 0. The molecule has 0 aliphatic heterocycles. The van der Waals surface area contributed by atoms with E-state index in [9.17, 15) is 14.0 Å². The number of carbonyl (C=O) groups excluding carboxylic acids is 2. The van der Waals surface area contributed by atoms with E-state index in [1.165, 1.54) is 17.7 Å². The number of nitrogens with two attached hydrogens (primary N) is 2. The molecular weight excluding hydrogens is 607 g/mol. The molecule has 2 unspecified atom stereocenters. The summed E-state index contributed by atoms with van der Waals surface area (Å²) in [5.41, 5.74) is 14.5. The number of hydrogen-bond donors (Lipinski definition) is 4. The number of amides is 2. The van der Waals surface area contributed by atoms with Crippen molar-refractivity contribution in [1.29, 1.82) is 0 Å². The predicted molar refractivity (Wildman–Crippen MR) is 180 cm³/mol. The van der Waals surface area contributed by atoms with E-state index in [1.807, 2.05) is 78.9 Å². The molecule has 0 spiro atoms. The van der Waals surface area contributed by atoms with E-state index in [1.54, 1.807) is 19.9 Å². The van der Waals surface area contributed by atoms with Crippen LogP contribution in [0.25, 0.3) is 0 Å². The van der Waals surface area contributed by atoms with Crippen molar-refractivity contribution in [1.82, 2.24) is 10.6 Å². The van der Waals surface area contributed by atoms with Crippen LogP contribution in [-0.4, -0.2) is 37.0 Å². The van der Waals surface area contributed by atoms with Gasteiger partial charge in [0.15, 0.2) is 0 Å². The lowest BCUT2D eigenvalue weighted by Crippen LogP contribution is -2.39. The van der Waals surface area contributed by atoms with Gasteiger partial charge in [-0.25, -0.2) is 4.39 Å². The van der Waals surface area contributed by atoms with Crippen molar-refractivity contribution in [3.63, 3.8) is 0 Å². The molecular formula is C36H42ClFN4O4. The van der Waals surface area contributed by atoms with Crippen LogP contribution in [0.1, 0.15) is 36.1 Å². The van der Waals surface area contributed by atoms with Gasteiger partial charge in [-0.05, 0) is 97.6 Å². The summed E-state index contributed by atoms with van der Waals surface area (Å²) in [4.78, 5) is 21.9. The first-order valence-electron chi connectivity index (χ1n) is 15.1. The number of nitrogens with one attached hydrogen (secondary N) is 2. The summed E-state index contributed by atoms with van der Waals surface area (Å²) in [6.07, 6.45) is 1.48. The monoisotopic (exact) mass is 648 g/mol. The summed E-state index contributed by atoms with van der Waals surface area (Å²) in [5, 5.41) is 6.82. The van der Waals surface area contributed by atoms with Crippen molar-refractivity contribution < 1.29 is 23.5 Å². The van der Waals surface area contributed by atoms with E-state index >= 15 is 0 Å². The molecule has 4 rings (SSSR count). The number of primary amides is 2. The van der Waals surface area contributed by atoms with Gasteiger partial charge in [0.1, 0.15) is 23.9 Å². The van der Waals surface area contributed by atoms with E-state index < -0.39 is 0 Å². The Balaban J connectivity index is 0.000000250. The van der Waals surface area contributed by atoms with Gasteiger partial charge in [0, 0.05) is 18.0 Å². The highest BCUT2D eigenvalue weighted by atomic mass is 35.5. The van der Waals surface area contributed by atoms with Crippen LogP contribution in [0.5, 0.6) is 11.5 Å². The molecule has 6 N–H and O–H groups in total. The van der Waals surface area contributed by atoms with Gasteiger partial charge in [0.25, 0.3) is 0 Å². The summed E-state index contributed by atoms with van der Waals surface area (Å²) < 4.78 is 24.5. The van der Waals surface area contributed by atoms with E-state index in [-0.39, 0.29) is 29.7 Å². The second-order valence-corrected chi connectivity index (χ2v) is 11.2. The molecule has 0 aromatic heterocycles. The van der Waals surface area contributed by atoms with E-state index in [2.05, 4.69) is 10.6 Å². The summed E-state index contributed by atoms with van der Waals surface area (Å²) in [6.45, 7) is 5.72. The highest BCUT2D eigenvalue weighted by Gasteiger charge is 2.08.